The van der Waals surface area contributed by atoms with E-state index in [0.29, 0.717) is 5.15 Å². The molecule has 3 aromatic rings. The molecule has 0 radical (unpaired) electrons. The van der Waals surface area contributed by atoms with Gasteiger partial charge in [-0.05, 0) is 12.1 Å². The van der Waals surface area contributed by atoms with Crippen molar-refractivity contribution in [3.8, 4) is 10.7 Å². The van der Waals surface area contributed by atoms with Crippen molar-refractivity contribution in [3.05, 3.63) is 41.8 Å². The molecule has 0 bridgehead atoms. The van der Waals surface area contributed by atoms with Gasteiger partial charge in [-0.3, -0.25) is 4.98 Å². The lowest BCUT2D eigenvalue weighted by atomic mass is 10.4. The molecule has 0 spiro atoms. The van der Waals surface area contributed by atoms with Gasteiger partial charge in [-0.2, -0.15) is 0 Å². The molecule has 16 heavy (non-hydrogen) atoms. The Balaban J connectivity index is 2.19. The summed E-state index contributed by atoms with van der Waals surface area (Å²) in [5, 5.41) is 1.35. The van der Waals surface area contributed by atoms with E-state index in [1.165, 1.54) is 0 Å². The molecule has 0 saturated heterocycles. The van der Waals surface area contributed by atoms with Gasteiger partial charge in [-0.1, -0.05) is 17.7 Å². The fraction of sp³-hybridized carbons (Fsp3) is 0. The van der Waals surface area contributed by atoms with Gasteiger partial charge in [0.2, 0.25) is 0 Å². The second-order valence-electron chi connectivity index (χ2n) is 3.21. The van der Waals surface area contributed by atoms with Crippen LogP contribution in [0.1, 0.15) is 0 Å². The standard InChI is InChI=1S/C11H6ClN3S/c12-10-5-8-9(6-14-10)16-11(15-8)7-3-1-2-4-13-7/h1-6H. The van der Waals surface area contributed by atoms with Gasteiger partial charge in [0.15, 0.2) is 0 Å². The molecule has 3 rings (SSSR count). The zero-order valence-electron chi connectivity index (χ0n) is 8.09. The van der Waals surface area contributed by atoms with Gasteiger partial charge in [0.25, 0.3) is 0 Å². The minimum absolute atomic E-state index is 0.463. The zero-order valence-corrected chi connectivity index (χ0v) is 9.66. The highest BCUT2D eigenvalue weighted by molar-refractivity contribution is 7.21. The second-order valence-corrected chi connectivity index (χ2v) is 4.63. The Kier molecular flexibility index (Phi) is 2.31. The van der Waals surface area contributed by atoms with E-state index in [4.69, 9.17) is 11.6 Å². The molecule has 0 unspecified atom stereocenters. The van der Waals surface area contributed by atoms with Gasteiger partial charge >= 0.3 is 0 Å². The van der Waals surface area contributed by atoms with E-state index >= 15 is 0 Å². The van der Waals surface area contributed by atoms with Gasteiger partial charge in [-0.15, -0.1) is 11.3 Å². The molecule has 0 aliphatic heterocycles. The first-order chi connectivity index (χ1) is 7.83. The lowest BCUT2D eigenvalue weighted by molar-refractivity contribution is 1.30. The monoisotopic (exact) mass is 247 g/mol. The van der Waals surface area contributed by atoms with E-state index in [1.807, 2.05) is 18.2 Å². The number of thiazole rings is 1. The van der Waals surface area contributed by atoms with Crippen molar-refractivity contribution in [2.45, 2.75) is 0 Å². The highest BCUT2D eigenvalue weighted by Crippen LogP contribution is 2.29. The highest BCUT2D eigenvalue weighted by atomic mass is 35.5. The molecule has 0 aliphatic rings. The molecule has 5 heteroatoms. The predicted molar refractivity (Wildman–Crippen MR) is 65.7 cm³/mol. The molecule has 0 aliphatic carbocycles. The number of aromatic nitrogens is 3. The summed E-state index contributed by atoms with van der Waals surface area (Å²) < 4.78 is 1.02. The summed E-state index contributed by atoms with van der Waals surface area (Å²) >= 11 is 7.38. The van der Waals surface area contributed by atoms with Crippen LogP contribution in [0.2, 0.25) is 5.15 Å². The summed E-state index contributed by atoms with van der Waals surface area (Å²) in [5.41, 5.74) is 1.74. The molecule has 0 atom stereocenters. The fourth-order valence-corrected chi connectivity index (χ4v) is 2.45. The van der Waals surface area contributed by atoms with Crippen LogP contribution in [0.15, 0.2) is 36.7 Å². The molecule has 3 heterocycles. The van der Waals surface area contributed by atoms with Gasteiger partial charge < -0.3 is 0 Å². The van der Waals surface area contributed by atoms with Crippen LogP contribution >= 0.6 is 22.9 Å². The molecule has 0 amide bonds. The number of pyridine rings is 2. The van der Waals surface area contributed by atoms with Crippen molar-refractivity contribution in [2.75, 3.05) is 0 Å². The largest absolute Gasteiger partial charge is 0.254 e. The lowest BCUT2D eigenvalue weighted by Crippen LogP contribution is -1.79. The van der Waals surface area contributed by atoms with Crippen LogP contribution in [0.4, 0.5) is 0 Å². The maximum Gasteiger partial charge on any atom is 0.143 e. The summed E-state index contributed by atoms with van der Waals surface area (Å²) in [6.45, 7) is 0. The Labute approximate surface area is 101 Å². The first kappa shape index (κ1) is 9.69. The molecule has 0 fully saturated rings. The average Bonchev–Trinajstić information content (AvgIpc) is 2.73. The highest BCUT2D eigenvalue weighted by Gasteiger charge is 2.07. The van der Waals surface area contributed by atoms with Crippen molar-refractivity contribution >= 4 is 33.2 Å². The lowest BCUT2D eigenvalue weighted by Gasteiger charge is -1.91. The van der Waals surface area contributed by atoms with Crippen LogP contribution in [0.5, 0.6) is 0 Å². The van der Waals surface area contributed by atoms with Crippen molar-refractivity contribution < 1.29 is 0 Å². The minimum atomic E-state index is 0.463. The van der Waals surface area contributed by atoms with Crippen molar-refractivity contribution in [1.82, 2.24) is 15.0 Å². The normalized spacial score (nSPS) is 10.8. The first-order valence-electron chi connectivity index (χ1n) is 4.66. The van der Waals surface area contributed by atoms with Crippen LogP contribution in [0, 0.1) is 0 Å². The predicted octanol–water partition coefficient (Wildman–Crippen LogP) is 3.41. The molecule has 3 nitrogen and oxygen atoms in total. The van der Waals surface area contributed by atoms with Crippen LogP contribution in [-0.2, 0) is 0 Å². The number of hydrogen-bond acceptors (Lipinski definition) is 4. The Morgan fingerprint density at radius 1 is 1.19 bits per heavy atom. The van der Waals surface area contributed by atoms with Gasteiger partial charge in [0, 0.05) is 18.5 Å². The molecule has 0 N–H and O–H groups in total. The Hall–Kier alpha value is -1.52. The molecule has 0 aromatic carbocycles. The summed E-state index contributed by atoms with van der Waals surface area (Å²) in [5.74, 6) is 0. The van der Waals surface area contributed by atoms with Gasteiger partial charge in [0.05, 0.1) is 15.9 Å². The number of rotatable bonds is 1. The van der Waals surface area contributed by atoms with Crippen LogP contribution < -0.4 is 0 Å². The third kappa shape index (κ3) is 1.66. The van der Waals surface area contributed by atoms with Crippen molar-refractivity contribution in [2.24, 2.45) is 0 Å². The minimum Gasteiger partial charge on any atom is -0.254 e. The molecule has 78 valence electrons. The van der Waals surface area contributed by atoms with E-state index in [2.05, 4.69) is 15.0 Å². The van der Waals surface area contributed by atoms with Crippen molar-refractivity contribution in [1.29, 1.82) is 0 Å². The van der Waals surface area contributed by atoms with E-state index in [1.54, 1.807) is 29.8 Å². The zero-order chi connectivity index (χ0) is 11.0. The summed E-state index contributed by atoms with van der Waals surface area (Å²) in [6.07, 6.45) is 3.49. The molecular weight excluding hydrogens is 242 g/mol. The van der Waals surface area contributed by atoms with Crippen LogP contribution in [-0.4, -0.2) is 15.0 Å². The smallest absolute Gasteiger partial charge is 0.143 e. The SMILES string of the molecule is Clc1cc2nc(-c3ccccn3)sc2cn1. The number of fused-ring (bicyclic) bond motifs is 1. The first-order valence-corrected chi connectivity index (χ1v) is 5.86. The summed E-state index contributed by atoms with van der Waals surface area (Å²) in [6, 6.07) is 7.53. The van der Waals surface area contributed by atoms with E-state index in [9.17, 15) is 0 Å². The summed E-state index contributed by atoms with van der Waals surface area (Å²) in [4.78, 5) is 12.8. The van der Waals surface area contributed by atoms with E-state index in [-0.39, 0.29) is 0 Å². The Bertz CT molecular complexity index is 636. The average molecular weight is 248 g/mol. The summed E-state index contributed by atoms with van der Waals surface area (Å²) in [7, 11) is 0. The van der Waals surface area contributed by atoms with Crippen molar-refractivity contribution in [3.63, 3.8) is 0 Å². The molecular formula is C11H6ClN3S. The van der Waals surface area contributed by atoms with Gasteiger partial charge in [-0.25, -0.2) is 9.97 Å². The topological polar surface area (TPSA) is 38.7 Å². The fourth-order valence-electron chi connectivity index (χ4n) is 1.41. The third-order valence-corrected chi connectivity index (χ3v) is 3.36. The maximum absolute atomic E-state index is 5.81. The number of nitrogens with zero attached hydrogens (tertiary/aromatic N) is 3. The van der Waals surface area contributed by atoms with Gasteiger partial charge in [0.1, 0.15) is 10.2 Å². The van der Waals surface area contributed by atoms with E-state index in [0.717, 1.165) is 20.9 Å². The van der Waals surface area contributed by atoms with Crippen LogP contribution in [0.3, 0.4) is 0 Å². The second kappa shape index (κ2) is 3.81. The Morgan fingerprint density at radius 2 is 2.12 bits per heavy atom. The molecule has 0 saturated carbocycles. The Morgan fingerprint density at radius 3 is 2.94 bits per heavy atom. The maximum atomic E-state index is 5.81. The third-order valence-electron chi connectivity index (χ3n) is 2.13. The number of halogens is 1. The quantitative estimate of drug-likeness (QED) is 0.619. The molecule has 3 aromatic heterocycles. The number of hydrogen-bond donors (Lipinski definition) is 0. The van der Waals surface area contributed by atoms with E-state index < -0.39 is 0 Å². The van der Waals surface area contributed by atoms with Crippen LogP contribution in [0.25, 0.3) is 20.9 Å².